The van der Waals surface area contributed by atoms with E-state index in [1.807, 2.05) is 4.72 Å². The van der Waals surface area contributed by atoms with Gasteiger partial charge in [-0.1, -0.05) is 0 Å². The van der Waals surface area contributed by atoms with E-state index in [0.717, 1.165) is 6.07 Å². The largest absolute Gasteiger partial charge is 0.506 e. The third kappa shape index (κ3) is 5.80. The van der Waals surface area contributed by atoms with Crippen LogP contribution in [-0.2, 0) is 20.9 Å². The van der Waals surface area contributed by atoms with Crippen molar-refractivity contribution in [1.29, 1.82) is 0 Å². The van der Waals surface area contributed by atoms with Crippen molar-refractivity contribution in [3.63, 3.8) is 0 Å². The van der Waals surface area contributed by atoms with Crippen molar-refractivity contribution in [2.24, 2.45) is 0 Å². The number of phenols is 1. The van der Waals surface area contributed by atoms with Crippen LogP contribution in [0.15, 0.2) is 18.2 Å². The lowest BCUT2D eigenvalue weighted by Gasteiger charge is -2.13. The normalized spacial score (nSPS) is 12.7. The molecule has 0 atom stereocenters. The summed E-state index contributed by atoms with van der Waals surface area (Å²) in [6.45, 7) is 3.34. The van der Waals surface area contributed by atoms with Gasteiger partial charge in [-0.3, -0.25) is 4.72 Å². The molecule has 0 bridgehead atoms. The fraction of sp³-hybridized carbons (Fsp3) is 0.500. The summed E-state index contributed by atoms with van der Waals surface area (Å²) >= 11 is 0. The Morgan fingerprint density at radius 2 is 1.95 bits per heavy atom. The highest BCUT2D eigenvalue weighted by molar-refractivity contribution is 7.92. The maximum Gasteiger partial charge on any atom is 0.416 e. The van der Waals surface area contributed by atoms with Gasteiger partial charge in [0.15, 0.2) is 0 Å². The van der Waals surface area contributed by atoms with Crippen LogP contribution in [0.1, 0.15) is 19.4 Å². The molecule has 0 aliphatic carbocycles. The Balaban J connectivity index is 2.86. The standard InChI is InChI=1S/C12H16F3NO4S/c1-8(2)20-5-6-21(18,19)16-10-7-9(12(13,14)15)3-4-11(10)17/h3-4,7-8,16-17H,5-6H2,1-2H3. The summed E-state index contributed by atoms with van der Waals surface area (Å²) in [5.41, 5.74) is -1.58. The van der Waals surface area contributed by atoms with E-state index in [9.17, 15) is 26.7 Å². The molecule has 5 nitrogen and oxygen atoms in total. The van der Waals surface area contributed by atoms with E-state index in [-0.39, 0.29) is 12.7 Å². The van der Waals surface area contributed by atoms with Crippen LogP contribution in [0.3, 0.4) is 0 Å². The summed E-state index contributed by atoms with van der Waals surface area (Å²) in [6.07, 6.45) is -4.79. The Bertz CT molecular complexity index is 585. The Hall–Kier alpha value is -1.48. The lowest BCUT2D eigenvalue weighted by atomic mass is 10.2. The van der Waals surface area contributed by atoms with Gasteiger partial charge in [-0.25, -0.2) is 8.42 Å². The highest BCUT2D eigenvalue weighted by Gasteiger charge is 2.31. The molecule has 0 heterocycles. The second-order valence-electron chi connectivity index (χ2n) is 4.57. The third-order valence-electron chi connectivity index (χ3n) is 2.39. The fourth-order valence-electron chi connectivity index (χ4n) is 1.41. The number of anilines is 1. The van der Waals surface area contributed by atoms with Crippen molar-refractivity contribution in [2.45, 2.75) is 26.1 Å². The summed E-state index contributed by atoms with van der Waals surface area (Å²) in [4.78, 5) is 0. The minimum absolute atomic E-state index is 0.104. The maximum absolute atomic E-state index is 12.5. The van der Waals surface area contributed by atoms with Gasteiger partial charge in [-0.05, 0) is 32.0 Å². The van der Waals surface area contributed by atoms with Crippen LogP contribution in [-0.4, -0.2) is 32.0 Å². The number of alkyl halides is 3. The number of aromatic hydroxyl groups is 1. The van der Waals surface area contributed by atoms with Gasteiger partial charge in [0.05, 0.1) is 29.7 Å². The third-order valence-corrected chi connectivity index (χ3v) is 3.63. The van der Waals surface area contributed by atoms with E-state index in [1.165, 1.54) is 0 Å². The first-order chi connectivity index (χ1) is 9.51. The lowest BCUT2D eigenvalue weighted by Crippen LogP contribution is -2.22. The van der Waals surface area contributed by atoms with Crippen molar-refractivity contribution < 1.29 is 31.4 Å². The molecule has 1 aromatic carbocycles. The quantitative estimate of drug-likeness (QED) is 0.788. The summed E-state index contributed by atoms with van der Waals surface area (Å²) < 4.78 is 68.0. The van der Waals surface area contributed by atoms with Gasteiger partial charge in [0, 0.05) is 0 Å². The highest BCUT2D eigenvalue weighted by Crippen LogP contribution is 2.34. The molecule has 120 valence electrons. The first kappa shape index (κ1) is 17.6. The monoisotopic (exact) mass is 327 g/mol. The SMILES string of the molecule is CC(C)OCCS(=O)(=O)Nc1cc(C(F)(F)F)ccc1O. The van der Waals surface area contributed by atoms with E-state index in [1.54, 1.807) is 13.8 Å². The Labute approximate surface area is 120 Å². The predicted molar refractivity (Wildman–Crippen MR) is 71.6 cm³/mol. The lowest BCUT2D eigenvalue weighted by molar-refractivity contribution is -0.137. The van der Waals surface area contributed by atoms with Gasteiger partial charge in [0.2, 0.25) is 10.0 Å². The second kappa shape index (κ2) is 6.52. The zero-order chi connectivity index (χ0) is 16.3. The van der Waals surface area contributed by atoms with Crippen molar-refractivity contribution in [3.8, 4) is 5.75 Å². The zero-order valence-electron chi connectivity index (χ0n) is 11.4. The number of phenolic OH excluding ortho intramolecular Hbond substituents is 1. The Morgan fingerprint density at radius 1 is 1.33 bits per heavy atom. The number of hydrogen-bond donors (Lipinski definition) is 2. The van der Waals surface area contributed by atoms with Crippen molar-refractivity contribution >= 4 is 15.7 Å². The molecule has 0 fully saturated rings. The summed E-state index contributed by atoms with van der Waals surface area (Å²) in [6, 6.07) is 1.98. The van der Waals surface area contributed by atoms with E-state index >= 15 is 0 Å². The summed E-state index contributed by atoms with van der Waals surface area (Å²) in [7, 11) is -3.92. The van der Waals surface area contributed by atoms with Crippen LogP contribution >= 0.6 is 0 Å². The van der Waals surface area contributed by atoms with Crippen LogP contribution in [0.5, 0.6) is 5.75 Å². The van der Waals surface area contributed by atoms with Crippen LogP contribution in [0.25, 0.3) is 0 Å². The van der Waals surface area contributed by atoms with Gasteiger partial charge in [-0.2, -0.15) is 13.2 Å². The van der Waals surface area contributed by atoms with Crippen LogP contribution in [0.4, 0.5) is 18.9 Å². The summed E-state index contributed by atoms with van der Waals surface area (Å²) in [5, 5.41) is 9.45. The topological polar surface area (TPSA) is 75.6 Å². The number of sulfonamides is 1. The minimum Gasteiger partial charge on any atom is -0.506 e. The minimum atomic E-state index is -4.63. The molecule has 1 aromatic rings. The molecule has 0 amide bonds. The molecule has 0 aliphatic rings. The van der Waals surface area contributed by atoms with Crippen molar-refractivity contribution in [1.82, 2.24) is 0 Å². The molecule has 0 unspecified atom stereocenters. The van der Waals surface area contributed by atoms with E-state index < -0.39 is 39.0 Å². The first-order valence-electron chi connectivity index (χ1n) is 6.03. The van der Waals surface area contributed by atoms with Crippen LogP contribution < -0.4 is 4.72 Å². The summed E-state index contributed by atoms with van der Waals surface area (Å²) in [5.74, 6) is -1.02. The number of hydrogen-bond acceptors (Lipinski definition) is 4. The average Bonchev–Trinajstić information content (AvgIpc) is 2.29. The average molecular weight is 327 g/mol. The van der Waals surface area contributed by atoms with Gasteiger partial charge in [0.1, 0.15) is 5.75 Å². The molecule has 21 heavy (non-hydrogen) atoms. The molecular weight excluding hydrogens is 311 g/mol. The molecule has 0 saturated heterocycles. The molecule has 0 spiro atoms. The smallest absolute Gasteiger partial charge is 0.416 e. The molecule has 0 saturated carbocycles. The predicted octanol–water partition coefficient (Wildman–Crippen LogP) is 2.58. The van der Waals surface area contributed by atoms with Crippen molar-refractivity contribution in [3.05, 3.63) is 23.8 Å². The molecule has 0 aromatic heterocycles. The molecule has 1 rings (SSSR count). The van der Waals surface area contributed by atoms with Crippen LogP contribution in [0, 0.1) is 0 Å². The van der Waals surface area contributed by atoms with E-state index in [2.05, 4.69) is 0 Å². The Morgan fingerprint density at radius 3 is 2.48 bits per heavy atom. The number of ether oxygens (including phenoxy) is 1. The van der Waals surface area contributed by atoms with Crippen LogP contribution in [0.2, 0.25) is 0 Å². The number of halogens is 3. The highest BCUT2D eigenvalue weighted by atomic mass is 32.2. The number of rotatable bonds is 6. The Kier molecular flexibility index (Phi) is 5.46. The molecular formula is C12H16F3NO4S. The van der Waals surface area contributed by atoms with Gasteiger partial charge >= 0.3 is 6.18 Å². The van der Waals surface area contributed by atoms with Crippen molar-refractivity contribution in [2.75, 3.05) is 17.1 Å². The fourth-order valence-corrected chi connectivity index (χ4v) is 2.32. The van der Waals surface area contributed by atoms with E-state index in [4.69, 9.17) is 4.74 Å². The maximum atomic E-state index is 12.5. The van der Waals surface area contributed by atoms with Gasteiger partial charge < -0.3 is 9.84 Å². The first-order valence-corrected chi connectivity index (χ1v) is 7.69. The molecule has 0 aliphatic heterocycles. The van der Waals surface area contributed by atoms with E-state index in [0.29, 0.717) is 12.1 Å². The molecule has 9 heteroatoms. The molecule has 2 N–H and O–H groups in total. The number of benzene rings is 1. The molecule has 0 radical (unpaired) electrons. The number of nitrogens with one attached hydrogen (secondary N) is 1. The second-order valence-corrected chi connectivity index (χ2v) is 6.41. The zero-order valence-corrected chi connectivity index (χ0v) is 12.3. The van der Waals surface area contributed by atoms with Gasteiger partial charge in [0.25, 0.3) is 0 Å². The van der Waals surface area contributed by atoms with Gasteiger partial charge in [-0.15, -0.1) is 0 Å².